The first kappa shape index (κ1) is 26.4. The molecule has 0 aromatic heterocycles. The van der Waals surface area contributed by atoms with E-state index in [-0.39, 0.29) is 6.61 Å². The number of aliphatic hydroxyl groups is 1. The normalized spacial score (nSPS) is 11.4. The predicted molar refractivity (Wildman–Crippen MR) is 122 cm³/mol. The van der Waals surface area contributed by atoms with Crippen molar-refractivity contribution in [3.8, 4) is 0 Å². The van der Waals surface area contributed by atoms with Crippen LogP contribution in [0, 0.1) is 27.7 Å². The van der Waals surface area contributed by atoms with Gasteiger partial charge in [-0.1, -0.05) is 49.4 Å². The first-order chi connectivity index (χ1) is 13.8. The van der Waals surface area contributed by atoms with Crippen molar-refractivity contribution in [3.63, 3.8) is 0 Å². The molecule has 0 bridgehead atoms. The average Bonchev–Trinajstić information content (AvgIpc) is 2.69. The average molecular weight is 398 g/mol. The van der Waals surface area contributed by atoms with E-state index in [1.54, 1.807) is 12.2 Å². The summed E-state index contributed by atoms with van der Waals surface area (Å²) in [5, 5.41) is 14.9. The summed E-state index contributed by atoms with van der Waals surface area (Å²) in [7, 11) is 1.81. The fourth-order valence-corrected chi connectivity index (χ4v) is 2.66. The number of rotatable bonds is 5. The van der Waals surface area contributed by atoms with Gasteiger partial charge in [0.1, 0.15) is 12.0 Å². The summed E-state index contributed by atoms with van der Waals surface area (Å²) in [5.41, 5.74) is 7.45. The zero-order chi connectivity index (χ0) is 22.2. The quantitative estimate of drug-likeness (QED) is 0.438. The number of aldehydes is 1. The molecular formula is C25H37N2O2+. The molecule has 0 saturated heterocycles. The van der Waals surface area contributed by atoms with Crippen LogP contribution < -0.4 is 5.11 Å². The predicted octanol–water partition coefficient (Wildman–Crippen LogP) is 4.65. The number of azo groups is 1. The van der Waals surface area contributed by atoms with E-state index < -0.39 is 0 Å². The van der Waals surface area contributed by atoms with Crippen molar-refractivity contribution < 1.29 is 15.0 Å². The van der Waals surface area contributed by atoms with Gasteiger partial charge in [-0.15, -0.1) is 5.11 Å². The van der Waals surface area contributed by atoms with Crippen molar-refractivity contribution in [2.45, 2.75) is 53.9 Å². The monoisotopic (exact) mass is 397 g/mol. The Bertz CT molecular complexity index is 795. The second-order valence-electron chi connectivity index (χ2n) is 6.90. The lowest BCUT2D eigenvalue weighted by atomic mass is 9.92. The van der Waals surface area contributed by atoms with Gasteiger partial charge in [0.2, 0.25) is 0 Å². The highest BCUT2D eigenvalue weighted by Crippen LogP contribution is 2.23. The van der Waals surface area contributed by atoms with Crippen molar-refractivity contribution >= 4 is 12.0 Å². The number of hydrogen-bond acceptors (Lipinski definition) is 3. The van der Waals surface area contributed by atoms with E-state index in [0.29, 0.717) is 12.3 Å². The van der Waals surface area contributed by atoms with Crippen LogP contribution in [0.2, 0.25) is 0 Å². The van der Waals surface area contributed by atoms with Crippen LogP contribution in [0.15, 0.2) is 53.7 Å². The fourth-order valence-electron chi connectivity index (χ4n) is 2.66. The Morgan fingerprint density at radius 1 is 1.03 bits per heavy atom. The summed E-state index contributed by atoms with van der Waals surface area (Å²) in [6, 6.07) is 12.4. The maximum atomic E-state index is 10.4. The molecule has 1 unspecified atom stereocenters. The molecule has 0 radical (unpaired) electrons. The molecule has 0 aliphatic rings. The number of benzene rings is 2. The Hall–Kier alpha value is -2.59. The third kappa shape index (κ3) is 9.95. The van der Waals surface area contributed by atoms with E-state index in [1.165, 1.54) is 27.8 Å². The lowest BCUT2D eigenvalue weighted by molar-refractivity contribution is -0.494. The first-order valence-electron chi connectivity index (χ1n) is 9.99. The van der Waals surface area contributed by atoms with Crippen LogP contribution in [0.3, 0.4) is 0 Å². The lowest BCUT2D eigenvalue weighted by Crippen LogP contribution is -2.58. The summed E-state index contributed by atoms with van der Waals surface area (Å²) < 4.78 is 0. The van der Waals surface area contributed by atoms with E-state index >= 15 is 0 Å². The number of allylic oxidation sites excluding steroid dienone is 1. The molecule has 2 aromatic carbocycles. The van der Waals surface area contributed by atoms with Crippen LogP contribution in [-0.2, 0) is 4.79 Å². The number of aryl methyl sites for hydroxylation is 2. The van der Waals surface area contributed by atoms with Gasteiger partial charge in [0.05, 0.1) is 6.61 Å². The molecule has 158 valence electrons. The Morgan fingerprint density at radius 3 is 2.10 bits per heavy atom. The third-order valence-electron chi connectivity index (χ3n) is 4.78. The minimum atomic E-state index is 0.163. The Labute approximate surface area is 176 Å². The Balaban J connectivity index is 0.000000445. The Kier molecular flexibility index (Phi) is 14.0. The van der Waals surface area contributed by atoms with E-state index in [0.717, 1.165) is 12.0 Å². The minimum absolute atomic E-state index is 0.163. The van der Waals surface area contributed by atoms with Gasteiger partial charge in [0, 0.05) is 6.42 Å². The van der Waals surface area contributed by atoms with Crippen LogP contribution in [0.5, 0.6) is 0 Å². The van der Waals surface area contributed by atoms with Gasteiger partial charge in [-0.05, 0) is 79.5 Å². The van der Waals surface area contributed by atoms with Crippen molar-refractivity contribution in [1.29, 1.82) is 0 Å². The second kappa shape index (κ2) is 15.3. The second-order valence-corrected chi connectivity index (χ2v) is 6.90. The molecule has 2 rings (SSSR count). The number of nitrogens with one attached hydrogen (secondary N) is 1. The summed E-state index contributed by atoms with van der Waals surface area (Å²) in [4.78, 5) is 10.4. The number of aliphatic hydroxyl groups excluding tert-OH is 1. The smallest absolute Gasteiger partial charge is 0.156 e. The minimum Gasteiger partial charge on any atom is -0.392 e. The summed E-state index contributed by atoms with van der Waals surface area (Å²) >= 11 is 0. The molecule has 0 saturated carbocycles. The van der Waals surface area contributed by atoms with Gasteiger partial charge >= 0.3 is 0 Å². The number of carbonyl (C=O) groups is 1. The van der Waals surface area contributed by atoms with Crippen molar-refractivity contribution in [2.24, 2.45) is 5.11 Å². The third-order valence-corrected chi connectivity index (χ3v) is 4.78. The molecule has 0 heterocycles. The van der Waals surface area contributed by atoms with Crippen LogP contribution in [-0.4, -0.2) is 25.0 Å². The van der Waals surface area contributed by atoms with Gasteiger partial charge in [0.15, 0.2) is 7.05 Å². The van der Waals surface area contributed by atoms with Crippen LogP contribution >= 0.6 is 0 Å². The van der Waals surface area contributed by atoms with Crippen molar-refractivity contribution in [1.82, 2.24) is 0 Å². The van der Waals surface area contributed by atoms with Crippen molar-refractivity contribution in [3.05, 3.63) is 76.4 Å². The largest absolute Gasteiger partial charge is 0.392 e. The lowest BCUT2D eigenvalue weighted by Gasteiger charge is -2.13. The highest BCUT2D eigenvalue weighted by molar-refractivity contribution is 5.52. The summed E-state index contributed by atoms with van der Waals surface area (Å²) in [6.45, 7) is 12.5. The highest BCUT2D eigenvalue weighted by Gasteiger charge is 2.08. The number of nitrogens with zero attached hydrogens (tertiary/aromatic N) is 1. The van der Waals surface area contributed by atoms with Crippen LogP contribution in [0.1, 0.15) is 54.0 Å². The molecule has 2 N–H and O–H groups in total. The number of hydrogen-bond donors (Lipinski definition) is 2. The van der Waals surface area contributed by atoms with Gasteiger partial charge < -0.3 is 9.90 Å². The molecule has 2 aromatic rings. The first-order valence-corrected chi connectivity index (χ1v) is 9.99. The van der Waals surface area contributed by atoms with Gasteiger partial charge in [-0.25, -0.2) is 0 Å². The maximum absolute atomic E-state index is 10.4. The Morgan fingerprint density at radius 2 is 1.62 bits per heavy atom. The van der Waals surface area contributed by atoms with E-state index in [1.807, 2.05) is 26.1 Å². The molecule has 0 fully saturated rings. The number of carbonyl (C=O) groups excluding carboxylic acids is 1. The van der Waals surface area contributed by atoms with Crippen LogP contribution in [0.4, 0.5) is 5.69 Å². The topological polar surface area (TPSA) is 63.6 Å². The molecule has 0 aliphatic carbocycles. The van der Waals surface area contributed by atoms with E-state index in [4.69, 9.17) is 5.11 Å². The molecule has 29 heavy (non-hydrogen) atoms. The fraction of sp³-hybridized carbons (Fsp3) is 0.400. The maximum Gasteiger partial charge on any atom is 0.156 e. The molecule has 4 heteroatoms. The van der Waals surface area contributed by atoms with Crippen LogP contribution in [0.25, 0.3) is 0 Å². The summed E-state index contributed by atoms with van der Waals surface area (Å²) in [5.74, 6) is 0.345. The van der Waals surface area contributed by atoms with E-state index in [2.05, 4.69) is 69.1 Å². The van der Waals surface area contributed by atoms with Gasteiger partial charge in [-0.3, -0.25) is 0 Å². The zero-order valence-corrected chi connectivity index (χ0v) is 19.0. The molecule has 4 nitrogen and oxygen atoms in total. The van der Waals surface area contributed by atoms with E-state index in [9.17, 15) is 4.79 Å². The molecule has 0 aliphatic heterocycles. The molecule has 0 amide bonds. The molecule has 1 atom stereocenters. The van der Waals surface area contributed by atoms with Gasteiger partial charge in [-0.2, -0.15) is 0 Å². The molecular weight excluding hydrogens is 360 g/mol. The van der Waals surface area contributed by atoms with Gasteiger partial charge in [0.25, 0.3) is 0 Å². The SMILES string of the molecule is C/C=C/CO.C[NH+]=Nc1cccc(C)c1C.Cc1cccc(C(C)CC=O)c1C. The zero-order valence-electron chi connectivity index (χ0n) is 19.0. The standard InChI is InChI=1S/C12H16O.C9H12N2.C4H8O/c1-9-5-4-6-12(11(9)3)10(2)7-8-13;1-7-5-4-6-9(8(7)2)11-10-3;1-2-3-4-5/h4-6,8,10H,7H2,1-3H3;4-6H,1-3H3;2-3,5H,4H2,1H3/p+1/b;;3-2+. The molecule has 0 spiro atoms. The highest BCUT2D eigenvalue weighted by atomic mass is 16.2. The van der Waals surface area contributed by atoms with Crippen molar-refractivity contribution in [2.75, 3.05) is 13.7 Å². The summed E-state index contributed by atoms with van der Waals surface area (Å²) in [6.07, 6.45) is 5.09.